The van der Waals surface area contributed by atoms with E-state index in [0.29, 0.717) is 24.5 Å². The molecule has 0 amide bonds. The van der Waals surface area contributed by atoms with Crippen molar-refractivity contribution in [1.82, 2.24) is 9.29 Å². The van der Waals surface area contributed by atoms with Crippen molar-refractivity contribution >= 4 is 36.6 Å². The summed E-state index contributed by atoms with van der Waals surface area (Å²) in [5.74, 6) is 0.525. The minimum absolute atomic E-state index is 0.0692. The Bertz CT molecular complexity index is 1260. The van der Waals surface area contributed by atoms with Gasteiger partial charge in [-0.15, -0.1) is 0 Å². The van der Waals surface area contributed by atoms with Crippen molar-refractivity contribution < 1.29 is 16.8 Å². The number of hydrogen-bond donors (Lipinski definition) is 1. The van der Waals surface area contributed by atoms with Gasteiger partial charge in [0.15, 0.2) is 0 Å². The van der Waals surface area contributed by atoms with Crippen LogP contribution in [0.5, 0.6) is 0 Å². The summed E-state index contributed by atoms with van der Waals surface area (Å²) in [5.41, 5.74) is 0.667. The predicted molar refractivity (Wildman–Crippen MR) is 116 cm³/mol. The third kappa shape index (κ3) is 4.05. The minimum atomic E-state index is -3.89. The van der Waals surface area contributed by atoms with Crippen molar-refractivity contribution in [3.8, 4) is 0 Å². The molecule has 0 saturated carbocycles. The fourth-order valence-corrected chi connectivity index (χ4v) is 6.28. The van der Waals surface area contributed by atoms with E-state index < -0.39 is 20.0 Å². The van der Waals surface area contributed by atoms with Crippen molar-refractivity contribution in [3.63, 3.8) is 0 Å². The fourth-order valence-electron chi connectivity index (χ4n) is 3.57. The van der Waals surface area contributed by atoms with E-state index in [-0.39, 0.29) is 15.5 Å². The summed E-state index contributed by atoms with van der Waals surface area (Å²) in [5, 5.41) is 0.720. The molecule has 0 bridgehead atoms. The number of sulfonamides is 2. The Labute approximate surface area is 176 Å². The van der Waals surface area contributed by atoms with E-state index in [1.54, 1.807) is 30.5 Å². The quantitative estimate of drug-likeness (QED) is 0.649. The number of aromatic nitrogens is 1. The first-order chi connectivity index (χ1) is 14.3. The zero-order chi connectivity index (χ0) is 21.4. The van der Waals surface area contributed by atoms with Crippen molar-refractivity contribution in [2.45, 2.75) is 29.6 Å². The van der Waals surface area contributed by atoms with Gasteiger partial charge in [0.05, 0.1) is 10.4 Å². The molecule has 30 heavy (non-hydrogen) atoms. The van der Waals surface area contributed by atoms with Gasteiger partial charge in [-0.05, 0) is 55.2 Å². The summed E-state index contributed by atoms with van der Waals surface area (Å²) in [7, 11) is -7.47. The zero-order valence-corrected chi connectivity index (χ0v) is 18.2. The maximum Gasteiger partial charge on any atom is 0.264 e. The second kappa shape index (κ2) is 7.98. The molecule has 4 rings (SSSR count). The Kier molecular flexibility index (Phi) is 5.52. The standard InChI is InChI=1S/C21H23N3O4S2/c1-16-11-14-24(15-12-16)30(27,28)19-9-7-18(8-10-19)23-29(25,26)20-6-2-4-17-5-3-13-22-21(17)20/h2-10,13,16,23H,11-12,14-15H2,1H3. The molecule has 0 atom stereocenters. The van der Waals surface area contributed by atoms with E-state index >= 15 is 0 Å². The molecule has 158 valence electrons. The van der Waals surface area contributed by atoms with Gasteiger partial charge in [0.25, 0.3) is 10.0 Å². The van der Waals surface area contributed by atoms with Gasteiger partial charge >= 0.3 is 0 Å². The monoisotopic (exact) mass is 445 g/mol. The minimum Gasteiger partial charge on any atom is -0.280 e. The molecule has 0 spiro atoms. The molecule has 1 aliphatic heterocycles. The third-order valence-electron chi connectivity index (χ3n) is 5.37. The van der Waals surface area contributed by atoms with Gasteiger partial charge in [0, 0.05) is 30.4 Å². The van der Waals surface area contributed by atoms with Crippen LogP contribution < -0.4 is 4.72 Å². The lowest BCUT2D eigenvalue weighted by molar-refractivity contribution is 0.288. The molecule has 1 saturated heterocycles. The topological polar surface area (TPSA) is 96.4 Å². The van der Waals surface area contributed by atoms with Crippen LogP contribution in [0.2, 0.25) is 0 Å². The smallest absolute Gasteiger partial charge is 0.264 e. The summed E-state index contributed by atoms with van der Waals surface area (Å²) in [6.07, 6.45) is 3.23. The summed E-state index contributed by atoms with van der Waals surface area (Å²) in [6, 6.07) is 14.3. The Morgan fingerprint density at radius 2 is 1.60 bits per heavy atom. The highest BCUT2D eigenvalue weighted by Gasteiger charge is 2.28. The summed E-state index contributed by atoms with van der Waals surface area (Å²) < 4.78 is 55.5. The highest BCUT2D eigenvalue weighted by atomic mass is 32.2. The summed E-state index contributed by atoms with van der Waals surface area (Å²) in [6.45, 7) is 3.13. The normalized spacial score (nSPS) is 16.6. The molecule has 1 fully saturated rings. The highest BCUT2D eigenvalue weighted by molar-refractivity contribution is 7.93. The number of nitrogens with one attached hydrogen (secondary N) is 1. The molecule has 2 aromatic carbocycles. The molecular formula is C21H23N3O4S2. The third-order valence-corrected chi connectivity index (χ3v) is 8.70. The SMILES string of the molecule is CC1CCN(S(=O)(=O)c2ccc(NS(=O)(=O)c3cccc4cccnc34)cc2)CC1. The van der Waals surface area contributed by atoms with Crippen LogP contribution in [-0.4, -0.2) is 39.2 Å². The van der Waals surface area contributed by atoms with Gasteiger partial charge < -0.3 is 0 Å². The van der Waals surface area contributed by atoms with Crippen LogP contribution in [0.4, 0.5) is 5.69 Å². The van der Waals surface area contributed by atoms with Crippen LogP contribution in [-0.2, 0) is 20.0 Å². The van der Waals surface area contributed by atoms with Crippen molar-refractivity contribution in [2.75, 3.05) is 17.8 Å². The number of para-hydroxylation sites is 1. The first-order valence-corrected chi connectivity index (χ1v) is 12.7. The van der Waals surface area contributed by atoms with Gasteiger partial charge in [-0.3, -0.25) is 9.71 Å². The predicted octanol–water partition coefficient (Wildman–Crippen LogP) is 3.46. The van der Waals surface area contributed by atoms with Crippen molar-refractivity contribution in [2.24, 2.45) is 5.92 Å². The maximum absolute atomic E-state index is 12.9. The number of hydrogen-bond acceptors (Lipinski definition) is 5. The average Bonchev–Trinajstić information content (AvgIpc) is 2.74. The van der Waals surface area contributed by atoms with Gasteiger partial charge in [0.2, 0.25) is 10.0 Å². The van der Waals surface area contributed by atoms with Gasteiger partial charge in [-0.2, -0.15) is 4.31 Å². The number of benzene rings is 2. The van der Waals surface area contributed by atoms with Crippen LogP contribution in [0, 0.1) is 5.92 Å². The fraction of sp³-hybridized carbons (Fsp3) is 0.286. The average molecular weight is 446 g/mol. The van der Waals surface area contributed by atoms with Crippen LogP contribution in [0.1, 0.15) is 19.8 Å². The second-order valence-corrected chi connectivity index (χ2v) is 11.1. The van der Waals surface area contributed by atoms with E-state index in [1.165, 1.54) is 34.6 Å². The Balaban J connectivity index is 1.57. The van der Waals surface area contributed by atoms with E-state index in [4.69, 9.17) is 0 Å². The lowest BCUT2D eigenvalue weighted by Gasteiger charge is -2.29. The molecule has 7 nitrogen and oxygen atoms in total. The molecule has 0 aliphatic carbocycles. The van der Waals surface area contributed by atoms with E-state index in [2.05, 4.69) is 16.6 Å². The second-order valence-electron chi connectivity index (χ2n) is 7.55. The molecule has 3 aromatic rings. The highest BCUT2D eigenvalue weighted by Crippen LogP contribution is 2.26. The van der Waals surface area contributed by atoms with Gasteiger partial charge in [-0.25, -0.2) is 16.8 Å². The van der Waals surface area contributed by atoms with Crippen LogP contribution in [0.15, 0.2) is 70.6 Å². The summed E-state index contributed by atoms with van der Waals surface area (Å²) in [4.78, 5) is 4.42. The Hall–Kier alpha value is -2.49. The summed E-state index contributed by atoms with van der Waals surface area (Å²) >= 11 is 0. The number of anilines is 1. The largest absolute Gasteiger partial charge is 0.280 e. The van der Waals surface area contributed by atoms with Crippen LogP contribution in [0.3, 0.4) is 0 Å². The van der Waals surface area contributed by atoms with Crippen molar-refractivity contribution in [1.29, 1.82) is 0 Å². The van der Waals surface area contributed by atoms with E-state index in [9.17, 15) is 16.8 Å². The molecular weight excluding hydrogens is 422 g/mol. The Morgan fingerprint density at radius 3 is 2.30 bits per heavy atom. The van der Waals surface area contributed by atoms with E-state index in [1.807, 2.05) is 0 Å². The lowest BCUT2D eigenvalue weighted by atomic mass is 10.0. The number of rotatable bonds is 5. The molecule has 1 aliphatic rings. The van der Waals surface area contributed by atoms with Crippen LogP contribution >= 0.6 is 0 Å². The zero-order valence-electron chi connectivity index (χ0n) is 16.5. The first kappa shape index (κ1) is 20.8. The molecule has 2 heterocycles. The number of piperidine rings is 1. The van der Waals surface area contributed by atoms with Gasteiger partial charge in [-0.1, -0.05) is 25.1 Å². The van der Waals surface area contributed by atoms with Crippen molar-refractivity contribution in [3.05, 3.63) is 60.8 Å². The Morgan fingerprint density at radius 1 is 0.933 bits per heavy atom. The number of pyridine rings is 1. The maximum atomic E-state index is 12.9. The number of fused-ring (bicyclic) bond motifs is 1. The first-order valence-electron chi connectivity index (χ1n) is 9.74. The molecule has 1 N–H and O–H groups in total. The molecule has 9 heteroatoms. The molecule has 0 unspecified atom stereocenters. The molecule has 0 radical (unpaired) electrons. The molecule has 1 aromatic heterocycles. The van der Waals surface area contributed by atoms with Gasteiger partial charge in [0.1, 0.15) is 4.90 Å². The van der Waals surface area contributed by atoms with E-state index in [0.717, 1.165) is 18.2 Å². The number of nitrogens with zero attached hydrogens (tertiary/aromatic N) is 2. The lowest BCUT2D eigenvalue weighted by Crippen LogP contribution is -2.37. The van der Waals surface area contributed by atoms with Crippen LogP contribution in [0.25, 0.3) is 10.9 Å².